The number of rotatable bonds is 2. The van der Waals surface area contributed by atoms with Gasteiger partial charge in [0.1, 0.15) is 11.8 Å². The lowest BCUT2D eigenvalue weighted by atomic mass is 10.1. The number of amides is 1. The van der Waals surface area contributed by atoms with Crippen molar-refractivity contribution in [2.24, 2.45) is 0 Å². The van der Waals surface area contributed by atoms with Gasteiger partial charge >= 0.3 is 5.97 Å². The van der Waals surface area contributed by atoms with Crippen molar-refractivity contribution in [1.82, 2.24) is 4.90 Å². The number of phenolic OH excluding ortho intramolecular Hbond substituents is 1. The van der Waals surface area contributed by atoms with Crippen LogP contribution >= 0.6 is 11.8 Å². The van der Waals surface area contributed by atoms with Crippen molar-refractivity contribution in [2.75, 3.05) is 5.75 Å². The Hall–Kier alpha value is -1.69. The highest BCUT2D eigenvalue weighted by atomic mass is 32.2. The molecule has 1 fully saturated rings. The minimum atomic E-state index is -1.02. The highest BCUT2D eigenvalue weighted by Crippen LogP contribution is 2.32. The molecule has 1 aromatic rings. The van der Waals surface area contributed by atoms with Crippen LogP contribution in [0, 0.1) is 6.92 Å². The van der Waals surface area contributed by atoms with E-state index >= 15 is 0 Å². The molecule has 0 radical (unpaired) electrons. The number of aryl methyl sites for hydroxylation is 1. The second-order valence-corrected chi connectivity index (χ2v) is 5.82. The predicted molar refractivity (Wildman–Crippen MR) is 72.4 cm³/mol. The third-order valence-corrected chi connectivity index (χ3v) is 4.43. The van der Waals surface area contributed by atoms with Crippen molar-refractivity contribution < 1.29 is 19.8 Å². The molecule has 2 atom stereocenters. The zero-order chi connectivity index (χ0) is 14.2. The predicted octanol–water partition coefficient (Wildman–Crippen LogP) is 1.69. The molecule has 2 unspecified atom stereocenters. The van der Waals surface area contributed by atoms with E-state index in [9.17, 15) is 14.7 Å². The Morgan fingerprint density at radius 3 is 2.74 bits per heavy atom. The van der Waals surface area contributed by atoms with Crippen molar-refractivity contribution >= 4 is 23.6 Å². The summed E-state index contributed by atoms with van der Waals surface area (Å²) < 4.78 is 0. The third-order valence-electron chi connectivity index (χ3n) is 3.21. The minimum absolute atomic E-state index is 0.0826. The molecule has 1 saturated heterocycles. The molecule has 0 bridgehead atoms. The topological polar surface area (TPSA) is 77.8 Å². The molecule has 1 amide bonds. The first-order valence-corrected chi connectivity index (χ1v) is 6.94. The number of para-hydroxylation sites is 1. The zero-order valence-corrected chi connectivity index (χ0v) is 11.5. The van der Waals surface area contributed by atoms with E-state index in [4.69, 9.17) is 5.11 Å². The average Bonchev–Trinajstić information content (AvgIpc) is 2.74. The Morgan fingerprint density at radius 1 is 1.42 bits per heavy atom. The number of carboxylic acids is 1. The number of aromatic hydroxyl groups is 1. The van der Waals surface area contributed by atoms with E-state index in [1.807, 2.05) is 0 Å². The second-order valence-electron chi connectivity index (χ2n) is 4.47. The molecule has 2 N–H and O–H groups in total. The molecule has 1 aromatic carbocycles. The number of benzene rings is 1. The number of thioether (sulfide) groups is 1. The zero-order valence-electron chi connectivity index (χ0n) is 10.7. The first-order valence-electron chi connectivity index (χ1n) is 5.89. The summed E-state index contributed by atoms with van der Waals surface area (Å²) >= 11 is 1.42. The second kappa shape index (κ2) is 5.13. The summed E-state index contributed by atoms with van der Waals surface area (Å²) in [5.41, 5.74) is 0.748. The van der Waals surface area contributed by atoms with E-state index in [0.717, 1.165) is 0 Å². The minimum Gasteiger partial charge on any atom is -0.507 e. The van der Waals surface area contributed by atoms with Gasteiger partial charge in [-0.05, 0) is 25.5 Å². The van der Waals surface area contributed by atoms with Crippen LogP contribution in [0.25, 0.3) is 0 Å². The molecule has 19 heavy (non-hydrogen) atoms. The van der Waals surface area contributed by atoms with Gasteiger partial charge in [0.25, 0.3) is 5.91 Å². The van der Waals surface area contributed by atoms with Gasteiger partial charge in [0.15, 0.2) is 0 Å². The van der Waals surface area contributed by atoms with Gasteiger partial charge < -0.3 is 15.1 Å². The van der Waals surface area contributed by atoms with Crippen LogP contribution in [0.3, 0.4) is 0 Å². The van der Waals surface area contributed by atoms with E-state index in [2.05, 4.69) is 0 Å². The molecule has 102 valence electrons. The fraction of sp³-hybridized carbons (Fsp3) is 0.385. The molecule has 6 heteroatoms. The molecule has 5 nitrogen and oxygen atoms in total. The number of carbonyl (C=O) groups excluding carboxylic acids is 1. The number of carboxylic acid groups (broad SMARTS) is 1. The molecule has 0 spiro atoms. The van der Waals surface area contributed by atoms with Gasteiger partial charge in [0.2, 0.25) is 0 Å². The van der Waals surface area contributed by atoms with E-state index in [-0.39, 0.29) is 16.7 Å². The van der Waals surface area contributed by atoms with E-state index in [1.165, 1.54) is 22.7 Å². The molecular formula is C13H15NO4S. The van der Waals surface area contributed by atoms with Gasteiger partial charge in [-0.2, -0.15) is 0 Å². The van der Waals surface area contributed by atoms with Crippen molar-refractivity contribution in [2.45, 2.75) is 25.3 Å². The van der Waals surface area contributed by atoms with Gasteiger partial charge in [-0.1, -0.05) is 12.1 Å². The van der Waals surface area contributed by atoms with Crippen LogP contribution in [0.2, 0.25) is 0 Å². The number of carbonyl (C=O) groups is 2. The fourth-order valence-corrected chi connectivity index (χ4v) is 3.28. The maximum atomic E-state index is 12.4. The first-order chi connectivity index (χ1) is 8.93. The number of phenols is 1. The lowest BCUT2D eigenvalue weighted by Gasteiger charge is -2.25. The maximum absolute atomic E-state index is 12.4. The Kier molecular flexibility index (Phi) is 3.71. The summed E-state index contributed by atoms with van der Waals surface area (Å²) in [5.74, 6) is -1.17. The first kappa shape index (κ1) is 13.7. The molecule has 0 saturated carbocycles. The summed E-state index contributed by atoms with van der Waals surface area (Å²) in [4.78, 5) is 24.9. The Morgan fingerprint density at radius 2 is 2.11 bits per heavy atom. The third kappa shape index (κ3) is 2.40. The summed E-state index contributed by atoms with van der Waals surface area (Å²) in [6.07, 6.45) is 0. The number of nitrogens with zero attached hydrogens (tertiary/aromatic N) is 1. The Bertz CT molecular complexity index is 531. The molecule has 1 aliphatic rings. The molecular weight excluding hydrogens is 266 g/mol. The number of aliphatic carboxylic acids is 1. The summed E-state index contributed by atoms with van der Waals surface area (Å²) in [6.45, 7) is 3.49. The molecule has 1 aliphatic heterocycles. The van der Waals surface area contributed by atoms with Gasteiger partial charge in [-0.15, -0.1) is 11.8 Å². The maximum Gasteiger partial charge on any atom is 0.327 e. The monoisotopic (exact) mass is 281 g/mol. The highest BCUT2D eigenvalue weighted by molar-refractivity contribution is 8.00. The van der Waals surface area contributed by atoms with E-state index in [0.29, 0.717) is 11.3 Å². The lowest BCUT2D eigenvalue weighted by Crippen LogP contribution is -2.44. The summed E-state index contributed by atoms with van der Waals surface area (Å²) in [6, 6.07) is 4.04. The largest absolute Gasteiger partial charge is 0.507 e. The number of hydrogen-bond acceptors (Lipinski definition) is 4. The quantitative estimate of drug-likeness (QED) is 0.862. The molecule has 1 heterocycles. The normalized spacial score (nSPS) is 22.5. The Balaban J connectivity index is 2.37. The van der Waals surface area contributed by atoms with Crippen LogP contribution in [0.15, 0.2) is 18.2 Å². The van der Waals surface area contributed by atoms with Crippen LogP contribution in [-0.4, -0.2) is 44.2 Å². The standard InChI is InChI=1S/C13H15NO4S/c1-7-4-3-5-9(11(7)15)12(16)14-8(2)19-6-10(14)13(17)18/h3-5,8,10,15H,6H2,1-2H3,(H,17,18). The summed E-state index contributed by atoms with van der Waals surface area (Å²) in [5, 5.41) is 18.9. The van der Waals surface area contributed by atoms with Crippen LogP contribution in [0.1, 0.15) is 22.8 Å². The Labute approximate surface area is 115 Å². The average molecular weight is 281 g/mol. The highest BCUT2D eigenvalue weighted by Gasteiger charge is 2.40. The van der Waals surface area contributed by atoms with Crippen LogP contribution < -0.4 is 0 Å². The lowest BCUT2D eigenvalue weighted by molar-refractivity contribution is -0.141. The molecule has 0 aliphatic carbocycles. The van der Waals surface area contributed by atoms with Gasteiger partial charge in [-0.3, -0.25) is 4.79 Å². The van der Waals surface area contributed by atoms with Crippen molar-refractivity contribution in [3.63, 3.8) is 0 Å². The van der Waals surface area contributed by atoms with Crippen molar-refractivity contribution in [3.05, 3.63) is 29.3 Å². The van der Waals surface area contributed by atoms with Crippen molar-refractivity contribution in [3.8, 4) is 5.75 Å². The van der Waals surface area contributed by atoms with Crippen LogP contribution in [0.4, 0.5) is 0 Å². The SMILES string of the molecule is Cc1cccc(C(=O)N2C(C)SCC2C(=O)O)c1O. The van der Waals surface area contributed by atoms with Gasteiger partial charge in [0.05, 0.1) is 10.9 Å². The molecule has 0 aromatic heterocycles. The van der Waals surface area contributed by atoms with Gasteiger partial charge in [-0.25, -0.2) is 4.79 Å². The van der Waals surface area contributed by atoms with E-state index < -0.39 is 17.9 Å². The van der Waals surface area contributed by atoms with E-state index in [1.54, 1.807) is 26.0 Å². The van der Waals surface area contributed by atoms with Crippen LogP contribution in [-0.2, 0) is 4.79 Å². The molecule has 2 rings (SSSR count). The van der Waals surface area contributed by atoms with Crippen LogP contribution in [0.5, 0.6) is 5.75 Å². The smallest absolute Gasteiger partial charge is 0.327 e. The number of hydrogen-bond donors (Lipinski definition) is 2. The summed E-state index contributed by atoms with van der Waals surface area (Å²) in [7, 11) is 0. The fourth-order valence-electron chi connectivity index (χ4n) is 2.11. The van der Waals surface area contributed by atoms with Crippen molar-refractivity contribution in [1.29, 1.82) is 0 Å². The van der Waals surface area contributed by atoms with Gasteiger partial charge in [0, 0.05) is 5.75 Å².